The molecular formula is C4H7O3S. The Hall–Kier alpha value is -0.220. The number of hydrogen-bond acceptors (Lipinski definition) is 3. The lowest BCUT2D eigenvalue weighted by Gasteiger charge is -1.94. The first-order valence-electron chi connectivity index (χ1n) is 2.19. The first kappa shape index (κ1) is 7.78. The van der Waals surface area contributed by atoms with Crippen molar-refractivity contribution >= 4 is 17.1 Å². The molecule has 3 nitrogen and oxygen atoms in total. The zero-order valence-electron chi connectivity index (χ0n) is 4.55. The maximum atomic E-state index is 10.2. The predicted octanol–water partition coefficient (Wildman–Crippen LogP) is 1.26. The fourth-order valence-electron chi connectivity index (χ4n) is 0.208. The number of carbonyl (C=O) groups is 1. The summed E-state index contributed by atoms with van der Waals surface area (Å²) in [6, 6.07) is 0. The van der Waals surface area contributed by atoms with Gasteiger partial charge in [0.25, 0.3) is 0 Å². The molecule has 0 N–H and O–H groups in total. The van der Waals surface area contributed by atoms with Crippen molar-refractivity contribution in [3.8, 4) is 0 Å². The van der Waals surface area contributed by atoms with Crippen LogP contribution in [-0.4, -0.2) is 17.8 Å². The third-order valence-corrected chi connectivity index (χ3v) is 0.910. The Kier molecular flexibility index (Phi) is 4.79. The van der Waals surface area contributed by atoms with Gasteiger partial charge in [-0.2, -0.15) is 0 Å². The monoisotopic (exact) mass is 135 g/mol. The normalized spacial score (nSPS) is 8.75. The molecule has 0 rings (SSSR count). The van der Waals surface area contributed by atoms with E-state index >= 15 is 0 Å². The second-order valence-corrected chi connectivity index (χ2v) is 1.80. The molecule has 4 heteroatoms. The molecule has 1 radical (unpaired) electrons. The van der Waals surface area contributed by atoms with Gasteiger partial charge in [-0.05, 0) is 18.7 Å². The second kappa shape index (κ2) is 4.93. The first-order valence-corrected chi connectivity index (χ1v) is 3.17. The van der Waals surface area contributed by atoms with Gasteiger partial charge >= 0.3 is 5.30 Å². The topological polar surface area (TPSA) is 46.2 Å². The fourth-order valence-corrected chi connectivity index (χ4v) is 0.505. The smallest absolute Gasteiger partial charge is 0.369 e. The fraction of sp³-hybridized carbons (Fsp3) is 0.750. The molecule has 0 aromatic heterocycles. The van der Waals surface area contributed by atoms with E-state index in [2.05, 4.69) is 4.74 Å². The first-order chi connectivity index (χ1) is 3.81. The van der Waals surface area contributed by atoms with E-state index in [1.807, 2.05) is 0 Å². The summed E-state index contributed by atoms with van der Waals surface area (Å²) in [6.07, 6.45) is 0. The van der Waals surface area contributed by atoms with E-state index in [4.69, 9.17) is 0 Å². The molecule has 0 aromatic carbocycles. The molecule has 0 aliphatic heterocycles. The van der Waals surface area contributed by atoms with Crippen LogP contribution in [0, 0.1) is 0 Å². The lowest BCUT2D eigenvalue weighted by atomic mass is 10.9. The predicted molar refractivity (Wildman–Crippen MR) is 30.2 cm³/mol. The molecule has 0 atom stereocenters. The third-order valence-electron chi connectivity index (χ3n) is 0.439. The Balaban J connectivity index is 3.06. The number of ether oxygens (including phenoxy) is 1. The number of carbonyl (C=O) groups excluding carboxylic acids is 1. The lowest BCUT2D eigenvalue weighted by molar-refractivity contribution is 0.180. The summed E-state index contributed by atoms with van der Waals surface area (Å²) in [5, 5.41) is 9.19. The number of hydrogen-bond donors (Lipinski definition) is 0. The average Bonchev–Trinajstić information content (AvgIpc) is 1.68. The molecule has 0 saturated carbocycles. The largest absolute Gasteiger partial charge is 0.458 e. The lowest BCUT2D eigenvalue weighted by Crippen LogP contribution is -1.95. The molecule has 0 fully saturated rings. The molecule has 0 aliphatic carbocycles. The van der Waals surface area contributed by atoms with Gasteiger partial charge in [-0.1, -0.05) is 0 Å². The molecule has 0 aromatic rings. The third kappa shape index (κ3) is 3.95. The Labute approximate surface area is 52.0 Å². The SMILES string of the molecule is CCOC(=O)SC[O]. The Bertz CT molecular complexity index is 65.7. The summed E-state index contributed by atoms with van der Waals surface area (Å²) in [4.78, 5) is 10.2. The quantitative estimate of drug-likeness (QED) is 0.423. The van der Waals surface area contributed by atoms with E-state index in [1.54, 1.807) is 6.92 Å². The minimum Gasteiger partial charge on any atom is -0.458 e. The maximum Gasteiger partial charge on any atom is 0.369 e. The molecular weight excluding hydrogens is 128 g/mol. The van der Waals surface area contributed by atoms with Crippen LogP contribution in [-0.2, 0) is 9.84 Å². The van der Waals surface area contributed by atoms with Crippen LogP contribution in [0.2, 0.25) is 0 Å². The van der Waals surface area contributed by atoms with Gasteiger partial charge in [-0.3, -0.25) is 0 Å². The number of thioether (sulfide) groups is 1. The Morgan fingerprint density at radius 1 is 1.75 bits per heavy atom. The number of rotatable bonds is 2. The van der Waals surface area contributed by atoms with E-state index in [9.17, 15) is 9.90 Å². The molecule has 0 aliphatic rings. The summed E-state index contributed by atoms with van der Waals surface area (Å²) in [7, 11) is 0. The van der Waals surface area contributed by atoms with Gasteiger partial charge in [-0.15, -0.1) is 0 Å². The average molecular weight is 135 g/mol. The van der Waals surface area contributed by atoms with Crippen LogP contribution in [0.1, 0.15) is 6.92 Å². The summed E-state index contributed by atoms with van der Waals surface area (Å²) in [5.41, 5.74) is 0. The molecule has 0 heterocycles. The van der Waals surface area contributed by atoms with E-state index in [0.717, 1.165) is 0 Å². The van der Waals surface area contributed by atoms with Crippen molar-refractivity contribution in [3.05, 3.63) is 0 Å². The molecule has 0 bridgehead atoms. The summed E-state index contributed by atoms with van der Waals surface area (Å²) in [6.45, 7) is 2.04. The van der Waals surface area contributed by atoms with Crippen LogP contribution in [0.3, 0.4) is 0 Å². The minimum absolute atomic E-state index is 0.339. The summed E-state index contributed by atoms with van der Waals surface area (Å²) < 4.78 is 4.41. The van der Waals surface area contributed by atoms with E-state index in [-0.39, 0.29) is 0 Å². The zero-order valence-corrected chi connectivity index (χ0v) is 5.36. The molecule has 47 valence electrons. The minimum atomic E-state index is -0.484. The van der Waals surface area contributed by atoms with Crippen LogP contribution in [0.4, 0.5) is 4.79 Å². The highest BCUT2D eigenvalue weighted by molar-refractivity contribution is 8.13. The van der Waals surface area contributed by atoms with Crippen molar-refractivity contribution in [2.24, 2.45) is 0 Å². The zero-order chi connectivity index (χ0) is 6.41. The molecule has 8 heavy (non-hydrogen) atoms. The molecule has 0 spiro atoms. The standard InChI is InChI=1S/C4H7O3S/c1-2-7-4(6)8-3-5/h2-3H2,1H3. The summed E-state index contributed by atoms with van der Waals surface area (Å²) in [5.74, 6) is -0.459. The van der Waals surface area contributed by atoms with Crippen molar-refractivity contribution in [1.29, 1.82) is 0 Å². The Morgan fingerprint density at radius 3 is 2.75 bits per heavy atom. The van der Waals surface area contributed by atoms with Gasteiger partial charge in [0.2, 0.25) is 0 Å². The molecule has 0 saturated heterocycles. The van der Waals surface area contributed by atoms with Gasteiger partial charge in [0, 0.05) is 0 Å². The van der Waals surface area contributed by atoms with Crippen LogP contribution in [0.15, 0.2) is 0 Å². The van der Waals surface area contributed by atoms with Crippen LogP contribution in [0.25, 0.3) is 0 Å². The maximum absolute atomic E-state index is 10.2. The van der Waals surface area contributed by atoms with Crippen molar-refractivity contribution < 1.29 is 14.6 Å². The van der Waals surface area contributed by atoms with Gasteiger partial charge < -0.3 is 4.74 Å². The van der Waals surface area contributed by atoms with Gasteiger partial charge in [0.15, 0.2) is 0 Å². The van der Waals surface area contributed by atoms with Gasteiger partial charge in [-0.25, -0.2) is 9.90 Å². The highest BCUT2D eigenvalue weighted by Gasteiger charge is 1.98. The van der Waals surface area contributed by atoms with Crippen molar-refractivity contribution in [2.45, 2.75) is 6.92 Å². The van der Waals surface area contributed by atoms with Gasteiger partial charge in [0.1, 0.15) is 5.94 Å². The van der Waals surface area contributed by atoms with E-state index in [1.165, 1.54) is 0 Å². The molecule has 0 amide bonds. The van der Waals surface area contributed by atoms with E-state index < -0.39 is 11.2 Å². The molecule has 0 unspecified atom stereocenters. The van der Waals surface area contributed by atoms with Gasteiger partial charge in [0.05, 0.1) is 6.61 Å². The Morgan fingerprint density at radius 2 is 2.38 bits per heavy atom. The van der Waals surface area contributed by atoms with E-state index in [0.29, 0.717) is 18.4 Å². The highest BCUT2D eigenvalue weighted by Crippen LogP contribution is 2.01. The van der Waals surface area contributed by atoms with Crippen molar-refractivity contribution in [1.82, 2.24) is 0 Å². The second-order valence-electron chi connectivity index (χ2n) is 0.945. The van der Waals surface area contributed by atoms with Crippen molar-refractivity contribution in [3.63, 3.8) is 0 Å². The summed E-state index contributed by atoms with van der Waals surface area (Å²) >= 11 is 0.639. The van der Waals surface area contributed by atoms with Crippen LogP contribution >= 0.6 is 11.8 Å². The van der Waals surface area contributed by atoms with Crippen molar-refractivity contribution in [2.75, 3.05) is 12.5 Å². The van der Waals surface area contributed by atoms with Crippen LogP contribution in [0.5, 0.6) is 0 Å². The highest BCUT2D eigenvalue weighted by atomic mass is 32.2. The van der Waals surface area contributed by atoms with Crippen LogP contribution < -0.4 is 0 Å².